The molecule has 4 aromatic rings. The van der Waals surface area contributed by atoms with Crippen molar-refractivity contribution in [2.75, 3.05) is 5.32 Å². The summed E-state index contributed by atoms with van der Waals surface area (Å²) in [5.74, 6) is 2.33. The second-order valence-electron chi connectivity index (χ2n) is 6.91. The van der Waals surface area contributed by atoms with Crippen LogP contribution < -0.4 is 21.2 Å². The molecule has 0 saturated heterocycles. The van der Waals surface area contributed by atoms with Crippen molar-refractivity contribution in [2.45, 2.75) is 0 Å². The molecule has 0 saturated carbocycles. The third-order valence-electron chi connectivity index (χ3n) is 5.16. The second-order valence-corrected chi connectivity index (χ2v) is 15.3. The van der Waals surface area contributed by atoms with E-state index in [-0.39, 0.29) is 0 Å². The van der Waals surface area contributed by atoms with Crippen LogP contribution in [-0.4, -0.2) is 0 Å². The van der Waals surface area contributed by atoms with E-state index in [1.165, 1.54) is 15.9 Å². The van der Waals surface area contributed by atoms with Gasteiger partial charge in [-0.25, -0.2) is 0 Å². The van der Waals surface area contributed by atoms with Crippen LogP contribution in [0, 0.1) is 0 Å². The maximum absolute atomic E-state index is 4.39. The average Bonchev–Trinajstić information content (AvgIpc) is 2.81. The Bertz CT molecular complexity index is 981. The monoisotopic (exact) mass is 459 g/mol. The summed E-state index contributed by atoms with van der Waals surface area (Å²) in [5.41, 5.74) is 1.07. The predicted molar refractivity (Wildman–Crippen MR) is 133 cm³/mol. The molecule has 0 fully saturated rings. The van der Waals surface area contributed by atoms with E-state index in [2.05, 4.69) is 136 Å². The summed E-state index contributed by atoms with van der Waals surface area (Å²) in [7, 11) is 0. The molecule has 0 atom stereocenters. The molecule has 0 radical (unpaired) electrons. The fraction of sp³-hybridized carbons (Fsp3) is 0. The van der Waals surface area contributed by atoms with E-state index in [4.69, 9.17) is 0 Å². The number of rotatable bonds is 6. The molecule has 4 rings (SSSR count). The van der Waals surface area contributed by atoms with E-state index in [0.717, 1.165) is 5.69 Å². The van der Waals surface area contributed by atoms with Gasteiger partial charge in [0.15, 0.2) is 0 Å². The minimum absolute atomic E-state index is 1.07. The first-order chi connectivity index (χ1) is 14.2. The Labute approximate surface area is 180 Å². The number of halogens is 1. The Hall–Kier alpha value is -2.67. The van der Waals surface area contributed by atoms with Crippen LogP contribution in [0.15, 0.2) is 133 Å². The quantitative estimate of drug-likeness (QED) is 0.328. The molecule has 0 unspecified atom stereocenters. The Morgan fingerprint density at radius 3 is 1.24 bits per heavy atom. The molecule has 0 aromatic heterocycles. The first-order valence-electron chi connectivity index (χ1n) is 9.61. The van der Waals surface area contributed by atoms with Crippen molar-refractivity contribution in [3.8, 4) is 0 Å². The summed E-state index contributed by atoms with van der Waals surface area (Å²) in [6.45, 7) is 0. The summed E-state index contributed by atoms with van der Waals surface area (Å²) in [6.07, 6.45) is 2.08. The van der Waals surface area contributed by atoms with E-state index < -0.39 is 5.31 Å². The Morgan fingerprint density at radius 2 is 0.862 bits per heavy atom. The summed E-state index contributed by atoms with van der Waals surface area (Å²) >= 11 is 4.39. The summed E-state index contributed by atoms with van der Waals surface area (Å²) in [4.78, 5) is 0. The molecule has 4 aromatic carbocycles. The van der Waals surface area contributed by atoms with Gasteiger partial charge in [0.2, 0.25) is 0 Å². The molecule has 0 heterocycles. The molecule has 0 aliphatic heterocycles. The number of hydrogen-bond donors (Lipinski definition) is 1. The third kappa shape index (κ3) is 3.67. The standard InChI is InChI=1S/C26H23BrNP/c27-29(24-15-7-2-8-16-24,25-17-9-3-10-18-25,26-19-11-4-12-20-26)22-21-28-23-13-5-1-6-14-23/h1-22,28H/b22-21+. The van der Waals surface area contributed by atoms with Crippen LogP contribution in [0.5, 0.6) is 0 Å². The van der Waals surface area contributed by atoms with Crippen LogP contribution in [-0.2, 0) is 0 Å². The number of anilines is 1. The van der Waals surface area contributed by atoms with Gasteiger partial charge in [0, 0.05) is 0 Å². The van der Waals surface area contributed by atoms with Crippen LogP contribution in [0.4, 0.5) is 5.69 Å². The van der Waals surface area contributed by atoms with E-state index in [0.29, 0.717) is 0 Å². The van der Waals surface area contributed by atoms with Crippen LogP contribution in [0.3, 0.4) is 0 Å². The van der Waals surface area contributed by atoms with Crippen molar-refractivity contribution < 1.29 is 0 Å². The van der Waals surface area contributed by atoms with Gasteiger partial charge in [0.1, 0.15) is 0 Å². The maximum atomic E-state index is 4.39. The van der Waals surface area contributed by atoms with Crippen LogP contribution >= 0.6 is 20.8 Å². The average molecular weight is 460 g/mol. The first kappa shape index (κ1) is 19.6. The van der Waals surface area contributed by atoms with Gasteiger partial charge in [0.05, 0.1) is 0 Å². The molecule has 3 heteroatoms. The van der Waals surface area contributed by atoms with Gasteiger partial charge >= 0.3 is 181 Å². The van der Waals surface area contributed by atoms with Crippen molar-refractivity contribution in [3.63, 3.8) is 0 Å². The molecule has 0 aliphatic rings. The van der Waals surface area contributed by atoms with Gasteiger partial charge in [-0.3, -0.25) is 0 Å². The fourth-order valence-corrected chi connectivity index (χ4v) is 10.2. The van der Waals surface area contributed by atoms with Crippen LogP contribution in [0.25, 0.3) is 0 Å². The normalized spacial score (nSPS) is 12.9. The summed E-state index contributed by atoms with van der Waals surface area (Å²) in [6, 6.07) is 42.5. The zero-order valence-electron chi connectivity index (χ0n) is 16.0. The molecule has 0 amide bonds. The first-order valence-corrected chi connectivity index (χ1v) is 13.9. The molecular weight excluding hydrogens is 437 g/mol. The van der Waals surface area contributed by atoms with E-state index >= 15 is 0 Å². The Morgan fingerprint density at radius 1 is 0.517 bits per heavy atom. The third-order valence-corrected chi connectivity index (χ3v) is 14.2. The van der Waals surface area contributed by atoms with Crippen molar-refractivity contribution in [1.29, 1.82) is 0 Å². The Balaban J connectivity index is 1.97. The summed E-state index contributed by atoms with van der Waals surface area (Å²) < 4.78 is 0. The zero-order valence-corrected chi connectivity index (χ0v) is 18.5. The number of para-hydroxylation sites is 1. The minimum atomic E-state index is -3.02. The van der Waals surface area contributed by atoms with Crippen molar-refractivity contribution in [1.82, 2.24) is 0 Å². The molecule has 0 aliphatic carbocycles. The Kier molecular flexibility index (Phi) is 5.67. The zero-order chi connectivity index (χ0) is 20.0. The van der Waals surface area contributed by atoms with Gasteiger partial charge < -0.3 is 0 Å². The van der Waals surface area contributed by atoms with Crippen LogP contribution in [0.1, 0.15) is 0 Å². The fourth-order valence-electron chi connectivity index (χ4n) is 3.67. The van der Waals surface area contributed by atoms with Crippen molar-refractivity contribution in [3.05, 3.63) is 133 Å². The number of hydrogen-bond acceptors (Lipinski definition) is 1. The van der Waals surface area contributed by atoms with Gasteiger partial charge in [-0.2, -0.15) is 0 Å². The predicted octanol–water partition coefficient (Wildman–Crippen LogP) is 6.41. The van der Waals surface area contributed by atoms with E-state index in [9.17, 15) is 0 Å². The molecule has 29 heavy (non-hydrogen) atoms. The van der Waals surface area contributed by atoms with Gasteiger partial charge in [-0.1, -0.05) is 0 Å². The molecule has 1 N–H and O–H groups in total. The van der Waals surface area contributed by atoms with E-state index in [1.807, 2.05) is 18.2 Å². The molecule has 1 nitrogen and oxygen atoms in total. The SMILES string of the molecule is BrP(/C=C/Nc1ccccc1)(c1ccccc1)(c1ccccc1)c1ccccc1. The van der Waals surface area contributed by atoms with Gasteiger partial charge in [0.25, 0.3) is 0 Å². The molecule has 0 spiro atoms. The number of nitrogens with one attached hydrogen (secondary N) is 1. The van der Waals surface area contributed by atoms with Crippen LogP contribution in [0.2, 0.25) is 0 Å². The topological polar surface area (TPSA) is 12.0 Å². The van der Waals surface area contributed by atoms with Gasteiger partial charge in [-0.15, -0.1) is 0 Å². The van der Waals surface area contributed by atoms with Crippen molar-refractivity contribution >= 4 is 42.4 Å². The second kappa shape index (κ2) is 8.37. The van der Waals surface area contributed by atoms with Crippen molar-refractivity contribution in [2.24, 2.45) is 0 Å². The molecule has 144 valence electrons. The van der Waals surface area contributed by atoms with E-state index in [1.54, 1.807) is 0 Å². The molecule has 0 bridgehead atoms. The van der Waals surface area contributed by atoms with Gasteiger partial charge in [-0.05, 0) is 0 Å². The number of benzene rings is 4. The summed E-state index contributed by atoms with van der Waals surface area (Å²) in [5, 5.41) is 4.23. The molecular formula is C26H23BrNP.